The zero-order valence-electron chi connectivity index (χ0n) is 12.0. The molecule has 4 nitrogen and oxygen atoms in total. The van der Waals surface area contributed by atoms with Crippen molar-refractivity contribution in [2.75, 3.05) is 6.54 Å². The van der Waals surface area contributed by atoms with Crippen LogP contribution in [0.2, 0.25) is 0 Å². The average molecular weight is 267 g/mol. The van der Waals surface area contributed by atoms with E-state index in [4.69, 9.17) is 0 Å². The van der Waals surface area contributed by atoms with Gasteiger partial charge in [0.1, 0.15) is 5.54 Å². The van der Waals surface area contributed by atoms with Crippen LogP contribution in [0.15, 0.2) is 0 Å². The Balaban J connectivity index is 2.24. The summed E-state index contributed by atoms with van der Waals surface area (Å²) in [5, 5.41) is 9.76. The zero-order chi connectivity index (χ0) is 14.0. The highest BCUT2D eigenvalue weighted by Gasteiger charge is 2.50. The second-order valence-corrected chi connectivity index (χ2v) is 6.20. The number of carbonyl (C=O) groups excluding carboxylic acids is 1. The molecule has 0 heterocycles. The van der Waals surface area contributed by atoms with E-state index in [-0.39, 0.29) is 5.91 Å². The molecule has 2 fully saturated rings. The third kappa shape index (κ3) is 2.77. The van der Waals surface area contributed by atoms with Gasteiger partial charge in [-0.2, -0.15) is 0 Å². The molecule has 0 spiro atoms. The lowest BCUT2D eigenvalue weighted by Crippen LogP contribution is -2.59. The van der Waals surface area contributed by atoms with Crippen LogP contribution in [-0.2, 0) is 9.59 Å². The lowest BCUT2D eigenvalue weighted by atomic mass is 9.72. The number of hydrogen-bond donors (Lipinski definition) is 1. The zero-order valence-corrected chi connectivity index (χ0v) is 12.0. The third-order valence-electron chi connectivity index (χ3n) is 4.80. The summed E-state index contributed by atoms with van der Waals surface area (Å²) in [4.78, 5) is 25.4. The fraction of sp³-hybridized carbons (Fsp3) is 0.867. The molecule has 2 saturated carbocycles. The van der Waals surface area contributed by atoms with Crippen LogP contribution in [0.3, 0.4) is 0 Å². The predicted molar refractivity (Wildman–Crippen MR) is 72.7 cm³/mol. The fourth-order valence-electron chi connectivity index (χ4n) is 3.72. The number of amides is 1. The van der Waals surface area contributed by atoms with Crippen LogP contribution < -0.4 is 0 Å². The summed E-state index contributed by atoms with van der Waals surface area (Å²) < 4.78 is 0. The van der Waals surface area contributed by atoms with Gasteiger partial charge < -0.3 is 10.0 Å². The highest BCUT2D eigenvalue weighted by molar-refractivity contribution is 5.86. The first-order valence-corrected chi connectivity index (χ1v) is 7.53. The van der Waals surface area contributed by atoms with Gasteiger partial charge in [-0.25, -0.2) is 4.79 Å². The Morgan fingerprint density at radius 2 is 1.95 bits per heavy atom. The first-order valence-electron chi connectivity index (χ1n) is 7.53. The standard InChI is InChI=1S/C15H25NO3/c1-3-9-16(11(2)17)15(14(18)19)8-4-5-13(10-15)12-6-7-12/h12-13H,3-10H2,1-2H3,(H,18,19). The minimum atomic E-state index is -0.937. The number of rotatable bonds is 5. The van der Waals surface area contributed by atoms with Crippen molar-refractivity contribution >= 4 is 11.9 Å². The van der Waals surface area contributed by atoms with Crippen molar-refractivity contribution in [1.29, 1.82) is 0 Å². The molecule has 2 rings (SSSR count). The molecule has 4 heteroatoms. The van der Waals surface area contributed by atoms with E-state index in [1.807, 2.05) is 6.92 Å². The quantitative estimate of drug-likeness (QED) is 0.833. The molecule has 0 aromatic carbocycles. The van der Waals surface area contributed by atoms with Crippen LogP contribution in [0.1, 0.15) is 58.8 Å². The molecule has 19 heavy (non-hydrogen) atoms. The first-order chi connectivity index (χ1) is 9.01. The average Bonchev–Trinajstić information content (AvgIpc) is 3.19. The van der Waals surface area contributed by atoms with Gasteiger partial charge in [-0.3, -0.25) is 4.79 Å². The Morgan fingerprint density at radius 1 is 1.26 bits per heavy atom. The van der Waals surface area contributed by atoms with E-state index >= 15 is 0 Å². The molecule has 0 aromatic heterocycles. The van der Waals surface area contributed by atoms with Crippen molar-refractivity contribution in [1.82, 2.24) is 4.90 Å². The maximum absolute atomic E-state index is 11.9. The van der Waals surface area contributed by atoms with Gasteiger partial charge in [0.2, 0.25) is 5.91 Å². The minimum Gasteiger partial charge on any atom is -0.479 e. The van der Waals surface area contributed by atoms with Crippen LogP contribution in [0.4, 0.5) is 0 Å². The van der Waals surface area contributed by atoms with Crippen molar-refractivity contribution in [2.45, 2.75) is 64.3 Å². The molecule has 2 aliphatic rings. The smallest absolute Gasteiger partial charge is 0.329 e. The molecular formula is C15H25NO3. The van der Waals surface area contributed by atoms with E-state index in [9.17, 15) is 14.7 Å². The highest BCUT2D eigenvalue weighted by Crippen LogP contribution is 2.48. The van der Waals surface area contributed by atoms with Gasteiger partial charge in [0, 0.05) is 13.5 Å². The molecule has 0 aromatic rings. The summed E-state index contributed by atoms with van der Waals surface area (Å²) in [6, 6.07) is 0. The molecule has 0 radical (unpaired) electrons. The van der Waals surface area contributed by atoms with Crippen LogP contribution in [0.5, 0.6) is 0 Å². The SMILES string of the molecule is CCCN(C(C)=O)C1(C(=O)O)CCCC(C2CC2)C1. The van der Waals surface area contributed by atoms with Crippen molar-refractivity contribution in [3.8, 4) is 0 Å². The number of carboxylic acids is 1. The summed E-state index contributed by atoms with van der Waals surface area (Å²) in [5.41, 5.74) is -0.937. The molecule has 1 N–H and O–H groups in total. The van der Waals surface area contributed by atoms with Crippen LogP contribution in [-0.4, -0.2) is 34.0 Å². The molecule has 2 aliphatic carbocycles. The van der Waals surface area contributed by atoms with Gasteiger partial charge in [-0.1, -0.05) is 13.3 Å². The monoisotopic (exact) mass is 267 g/mol. The Labute approximate surface area is 115 Å². The third-order valence-corrected chi connectivity index (χ3v) is 4.80. The lowest BCUT2D eigenvalue weighted by Gasteiger charge is -2.45. The lowest BCUT2D eigenvalue weighted by molar-refractivity contribution is -0.163. The van der Waals surface area contributed by atoms with Gasteiger partial charge in [0.25, 0.3) is 0 Å². The molecular weight excluding hydrogens is 242 g/mol. The van der Waals surface area contributed by atoms with E-state index in [2.05, 4.69) is 0 Å². The summed E-state index contributed by atoms with van der Waals surface area (Å²) in [6.07, 6.45) is 6.64. The van der Waals surface area contributed by atoms with Gasteiger partial charge in [-0.15, -0.1) is 0 Å². The Bertz CT molecular complexity index is 364. The van der Waals surface area contributed by atoms with E-state index in [0.29, 0.717) is 25.3 Å². The number of carbonyl (C=O) groups is 2. The summed E-state index contributed by atoms with van der Waals surface area (Å²) in [7, 11) is 0. The molecule has 0 saturated heterocycles. The largest absolute Gasteiger partial charge is 0.479 e. The molecule has 0 bridgehead atoms. The summed E-state index contributed by atoms with van der Waals surface area (Å²) in [6.45, 7) is 4.05. The Hall–Kier alpha value is -1.06. The van der Waals surface area contributed by atoms with Crippen LogP contribution in [0.25, 0.3) is 0 Å². The second-order valence-electron chi connectivity index (χ2n) is 6.20. The maximum Gasteiger partial charge on any atom is 0.329 e. The van der Waals surface area contributed by atoms with E-state index in [0.717, 1.165) is 25.2 Å². The number of carboxylic acid groups (broad SMARTS) is 1. The van der Waals surface area contributed by atoms with Crippen molar-refractivity contribution < 1.29 is 14.7 Å². The highest BCUT2D eigenvalue weighted by atomic mass is 16.4. The molecule has 2 unspecified atom stereocenters. The Morgan fingerprint density at radius 3 is 2.42 bits per heavy atom. The van der Waals surface area contributed by atoms with Crippen LogP contribution in [0, 0.1) is 11.8 Å². The summed E-state index contributed by atoms with van der Waals surface area (Å²) >= 11 is 0. The van der Waals surface area contributed by atoms with Gasteiger partial charge in [-0.05, 0) is 50.4 Å². The number of hydrogen-bond acceptors (Lipinski definition) is 2. The van der Waals surface area contributed by atoms with E-state index in [1.54, 1.807) is 4.90 Å². The minimum absolute atomic E-state index is 0.0966. The number of aliphatic carboxylic acids is 1. The molecule has 2 atom stereocenters. The molecule has 0 aliphatic heterocycles. The first kappa shape index (κ1) is 14.4. The van der Waals surface area contributed by atoms with E-state index in [1.165, 1.54) is 19.8 Å². The topological polar surface area (TPSA) is 57.6 Å². The fourth-order valence-corrected chi connectivity index (χ4v) is 3.72. The van der Waals surface area contributed by atoms with Gasteiger partial charge in [0.05, 0.1) is 0 Å². The van der Waals surface area contributed by atoms with Crippen molar-refractivity contribution in [2.24, 2.45) is 11.8 Å². The van der Waals surface area contributed by atoms with Crippen LogP contribution >= 0.6 is 0 Å². The van der Waals surface area contributed by atoms with E-state index < -0.39 is 11.5 Å². The molecule has 108 valence electrons. The second kappa shape index (κ2) is 5.51. The molecule has 1 amide bonds. The van der Waals surface area contributed by atoms with Gasteiger partial charge in [0.15, 0.2) is 0 Å². The normalized spacial score (nSPS) is 30.9. The van der Waals surface area contributed by atoms with Crippen molar-refractivity contribution in [3.63, 3.8) is 0 Å². The summed E-state index contributed by atoms with van der Waals surface area (Å²) in [5.74, 6) is 0.320. The number of nitrogens with zero attached hydrogens (tertiary/aromatic N) is 1. The predicted octanol–water partition coefficient (Wildman–Crippen LogP) is 2.67. The Kier molecular flexibility index (Phi) is 4.16. The van der Waals surface area contributed by atoms with Crippen molar-refractivity contribution in [3.05, 3.63) is 0 Å². The maximum atomic E-state index is 11.9. The van der Waals surface area contributed by atoms with Gasteiger partial charge >= 0.3 is 5.97 Å².